The van der Waals surface area contributed by atoms with Gasteiger partial charge in [-0.1, -0.05) is 0 Å². The van der Waals surface area contributed by atoms with Gasteiger partial charge in [0.25, 0.3) is 0 Å². The van der Waals surface area contributed by atoms with E-state index in [4.69, 9.17) is 13.9 Å². The maximum Gasteiger partial charge on any atom is 0.227 e. The predicted octanol–water partition coefficient (Wildman–Crippen LogP) is 4.47. The molecular formula is C22H22F2N2O4. The highest BCUT2D eigenvalue weighted by atomic mass is 19.1. The second kappa shape index (κ2) is 8.30. The van der Waals surface area contributed by atoms with E-state index < -0.39 is 11.6 Å². The lowest BCUT2D eigenvalue weighted by atomic mass is 10.2. The quantitative estimate of drug-likeness (QED) is 0.587. The molecule has 0 bridgehead atoms. The molecule has 6 nitrogen and oxygen atoms in total. The minimum Gasteiger partial charge on any atom is -0.490 e. The molecule has 0 saturated heterocycles. The maximum absolute atomic E-state index is 14.8. The number of nitrogens with one attached hydrogen (secondary N) is 1. The van der Waals surface area contributed by atoms with Crippen LogP contribution in [0.5, 0.6) is 11.5 Å². The molecule has 0 spiro atoms. The summed E-state index contributed by atoms with van der Waals surface area (Å²) in [5, 5.41) is 2.66. The Bertz CT molecular complexity index is 1080. The van der Waals surface area contributed by atoms with E-state index in [1.807, 2.05) is 0 Å². The van der Waals surface area contributed by atoms with Gasteiger partial charge in [0.2, 0.25) is 17.6 Å². The Morgan fingerprint density at radius 3 is 2.70 bits per heavy atom. The van der Waals surface area contributed by atoms with Gasteiger partial charge in [-0.05, 0) is 56.0 Å². The standard InChI is InChI=1S/C22H22F2N2O4/c1-12(25-13(2)27)10-28-19-8-6-17-21(20(19)24)30-22(26-17)15-5-7-18(16(23)9-15)29-11-14-3-4-14/h5-9,12,14H,3-4,10-11H2,1-2H3,(H,25,27)/t12-/m0/s1. The topological polar surface area (TPSA) is 73.6 Å². The summed E-state index contributed by atoms with van der Waals surface area (Å²) in [6.45, 7) is 3.75. The zero-order valence-electron chi connectivity index (χ0n) is 16.7. The van der Waals surface area contributed by atoms with Gasteiger partial charge in [0, 0.05) is 12.5 Å². The molecule has 2 aromatic carbocycles. The Labute approximate surface area is 172 Å². The van der Waals surface area contributed by atoms with Crippen LogP contribution < -0.4 is 14.8 Å². The van der Waals surface area contributed by atoms with Crippen LogP contribution in [0.3, 0.4) is 0 Å². The first-order valence-electron chi connectivity index (χ1n) is 9.82. The van der Waals surface area contributed by atoms with E-state index in [0.29, 0.717) is 23.6 Å². The molecule has 1 aliphatic carbocycles. The minimum absolute atomic E-state index is 0.0163. The average molecular weight is 416 g/mol. The summed E-state index contributed by atoms with van der Waals surface area (Å²) in [5.41, 5.74) is 0.590. The molecule has 1 N–H and O–H groups in total. The molecule has 4 rings (SSSR count). The molecule has 1 amide bonds. The lowest BCUT2D eigenvalue weighted by Crippen LogP contribution is -2.35. The van der Waals surface area contributed by atoms with Crippen molar-refractivity contribution in [1.82, 2.24) is 10.3 Å². The average Bonchev–Trinajstić information content (AvgIpc) is 3.42. The van der Waals surface area contributed by atoms with Crippen LogP contribution in [0.15, 0.2) is 34.7 Å². The smallest absolute Gasteiger partial charge is 0.227 e. The van der Waals surface area contributed by atoms with Gasteiger partial charge in [-0.2, -0.15) is 4.39 Å². The highest BCUT2D eigenvalue weighted by Crippen LogP contribution is 2.33. The van der Waals surface area contributed by atoms with Crippen molar-refractivity contribution in [3.8, 4) is 23.0 Å². The molecule has 1 heterocycles. The van der Waals surface area contributed by atoms with Crippen molar-refractivity contribution in [3.63, 3.8) is 0 Å². The molecule has 0 aliphatic heterocycles. The Morgan fingerprint density at radius 2 is 2.00 bits per heavy atom. The Hall–Kier alpha value is -3.16. The normalized spacial score (nSPS) is 14.5. The number of nitrogens with zero attached hydrogens (tertiary/aromatic N) is 1. The van der Waals surface area contributed by atoms with Gasteiger partial charge in [-0.25, -0.2) is 9.37 Å². The van der Waals surface area contributed by atoms with Crippen LogP contribution in [-0.4, -0.2) is 30.1 Å². The van der Waals surface area contributed by atoms with Crippen LogP contribution in [0.1, 0.15) is 26.7 Å². The number of hydrogen-bond donors (Lipinski definition) is 1. The Morgan fingerprint density at radius 1 is 1.23 bits per heavy atom. The summed E-state index contributed by atoms with van der Waals surface area (Å²) in [5.74, 6) is -0.646. The molecule has 0 unspecified atom stereocenters. The van der Waals surface area contributed by atoms with Gasteiger partial charge < -0.3 is 19.2 Å². The number of oxazole rings is 1. The molecule has 1 aromatic heterocycles. The monoisotopic (exact) mass is 416 g/mol. The van der Waals surface area contributed by atoms with E-state index in [2.05, 4.69) is 10.3 Å². The van der Waals surface area contributed by atoms with Crippen LogP contribution in [-0.2, 0) is 4.79 Å². The van der Waals surface area contributed by atoms with Gasteiger partial charge in [0.15, 0.2) is 22.9 Å². The zero-order valence-corrected chi connectivity index (χ0v) is 16.7. The molecule has 1 saturated carbocycles. The molecule has 8 heteroatoms. The van der Waals surface area contributed by atoms with Gasteiger partial charge in [0.05, 0.1) is 12.6 Å². The number of fused-ring (bicyclic) bond motifs is 1. The molecule has 3 aromatic rings. The minimum atomic E-state index is -0.703. The number of rotatable bonds is 8. The van der Waals surface area contributed by atoms with E-state index in [0.717, 1.165) is 12.8 Å². The van der Waals surface area contributed by atoms with E-state index >= 15 is 0 Å². The SMILES string of the molecule is CC(=O)N[C@@H](C)COc1ccc2nc(-c3ccc(OCC4CC4)c(F)c3)oc2c1F. The molecule has 158 valence electrons. The van der Waals surface area contributed by atoms with Gasteiger partial charge >= 0.3 is 0 Å². The lowest BCUT2D eigenvalue weighted by Gasteiger charge is -2.14. The van der Waals surface area contributed by atoms with Crippen molar-refractivity contribution in [2.75, 3.05) is 13.2 Å². The van der Waals surface area contributed by atoms with Gasteiger partial charge in [-0.15, -0.1) is 0 Å². The summed E-state index contributed by atoms with van der Waals surface area (Å²) in [6.07, 6.45) is 2.23. The Kier molecular flexibility index (Phi) is 5.57. The van der Waals surface area contributed by atoms with Crippen LogP contribution in [0.25, 0.3) is 22.6 Å². The van der Waals surface area contributed by atoms with Crippen molar-refractivity contribution in [2.45, 2.75) is 32.7 Å². The third kappa shape index (κ3) is 4.53. The predicted molar refractivity (Wildman–Crippen MR) is 106 cm³/mol. The maximum atomic E-state index is 14.8. The van der Waals surface area contributed by atoms with Gasteiger partial charge in [0.1, 0.15) is 12.1 Å². The number of benzene rings is 2. The number of carbonyl (C=O) groups is 1. The highest BCUT2D eigenvalue weighted by molar-refractivity contribution is 5.78. The van der Waals surface area contributed by atoms with Crippen molar-refractivity contribution in [3.05, 3.63) is 42.0 Å². The summed E-state index contributed by atoms with van der Waals surface area (Å²) in [6, 6.07) is 7.13. The van der Waals surface area contributed by atoms with Gasteiger partial charge in [-0.3, -0.25) is 4.79 Å². The van der Waals surface area contributed by atoms with Crippen LogP contribution in [0.4, 0.5) is 8.78 Å². The first-order valence-corrected chi connectivity index (χ1v) is 9.82. The number of carbonyl (C=O) groups excluding carboxylic acids is 1. The molecule has 1 atom stereocenters. The van der Waals surface area contributed by atoms with Crippen molar-refractivity contribution < 1.29 is 27.5 Å². The van der Waals surface area contributed by atoms with Crippen molar-refractivity contribution in [2.24, 2.45) is 5.92 Å². The summed E-state index contributed by atoms with van der Waals surface area (Å²) >= 11 is 0. The molecular weight excluding hydrogens is 394 g/mol. The fraction of sp³-hybridized carbons (Fsp3) is 0.364. The second-order valence-electron chi connectivity index (χ2n) is 7.56. The van der Waals surface area contributed by atoms with Crippen molar-refractivity contribution in [1.29, 1.82) is 0 Å². The molecule has 0 radical (unpaired) electrons. The van der Waals surface area contributed by atoms with E-state index in [1.165, 1.54) is 25.1 Å². The Balaban J connectivity index is 1.52. The van der Waals surface area contributed by atoms with E-state index in [9.17, 15) is 13.6 Å². The van der Waals surface area contributed by atoms with E-state index in [-0.39, 0.29) is 41.5 Å². The first kappa shape index (κ1) is 20.1. The summed E-state index contributed by atoms with van der Waals surface area (Å²) < 4.78 is 45.6. The van der Waals surface area contributed by atoms with Crippen LogP contribution in [0, 0.1) is 17.6 Å². The van der Waals surface area contributed by atoms with Crippen LogP contribution >= 0.6 is 0 Å². The lowest BCUT2D eigenvalue weighted by molar-refractivity contribution is -0.119. The molecule has 30 heavy (non-hydrogen) atoms. The number of halogens is 2. The fourth-order valence-corrected chi connectivity index (χ4v) is 3.02. The largest absolute Gasteiger partial charge is 0.490 e. The number of amides is 1. The number of ether oxygens (including phenoxy) is 2. The van der Waals surface area contributed by atoms with Crippen LogP contribution in [0.2, 0.25) is 0 Å². The highest BCUT2D eigenvalue weighted by Gasteiger charge is 2.23. The first-order chi connectivity index (χ1) is 14.4. The molecule has 1 aliphatic rings. The fourth-order valence-electron chi connectivity index (χ4n) is 3.02. The zero-order chi connectivity index (χ0) is 21.3. The summed E-state index contributed by atoms with van der Waals surface area (Å²) in [7, 11) is 0. The van der Waals surface area contributed by atoms with E-state index in [1.54, 1.807) is 19.1 Å². The van der Waals surface area contributed by atoms with Crippen molar-refractivity contribution >= 4 is 17.0 Å². The summed E-state index contributed by atoms with van der Waals surface area (Å²) in [4.78, 5) is 15.3. The number of hydrogen-bond acceptors (Lipinski definition) is 5. The third-order valence-corrected chi connectivity index (χ3v) is 4.75. The number of aromatic nitrogens is 1. The third-order valence-electron chi connectivity index (χ3n) is 4.75. The second-order valence-corrected chi connectivity index (χ2v) is 7.56. The molecule has 1 fully saturated rings.